The Balaban J connectivity index is 2.50. The molecule has 102 valence electrons. The Bertz CT molecular complexity index is 569. The Kier molecular flexibility index (Phi) is 5.31. The Hall–Kier alpha value is -0.0700. The molecule has 19 heavy (non-hydrogen) atoms. The summed E-state index contributed by atoms with van der Waals surface area (Å²) in [4.78, 5) is 1.18. The van der Waals surface area contributed by atoms with Crippen LogP contribution >= 0.6 is 54.8 Å². The Morgan fingerprint density at radius 3 is 2.58 bits per heavy atom. The standard InChI is InChI=1S/C13H12Br2ClNOS/c1-17-12(11-6-9(14)13(15)19-11)8-5-7(16)3-4-10(8)18-2/h3-6,12,17H,1-2H3. The van der Waals surface area contributed by atoms with E-state index in [0.29, 0.717) is 5.02 Å². The van der Waals surface area contributed by atoms with Crippen LogP contribution in [0, 0.1) is 0 Å². The normalized spacial score (nSPS) is 12.5. The van der Waals surface area contributed by atoms with E-state index in [2.05, 4.69) is 43.2 Å². The minimum Gasteiger partial charge on any atom is -0.496 e. The fourth-order valence-electron chi connectivity index (χ4n) is 1.89. The van der Waals surface area contributed by atoms with Gasteiger partial charge in [0.1, 0.15) is 5.75 Å². The summed E-state index contributed by atoms with van der Waals surface area (Å²) in [6.45, 7) is 0. The Morgan fingerprint density at radius 2 is 2.05 bits per heavy atom. The van der Waals surface area contributed by atoms with E-state index in [9.17, 15) is 0 Å². The summed E-state index contributed by atoms with van der Waals surface area (Å²) in [5.41, 5.74) is 1.03. The Labute approximate surface area is 138 Å². The molecule has 2 aromatic rings. The van der Waals surface area contributed by atoms with Crippen molar-refractivity contribution >= 4 is 54.8 Å². The molecule has 0 saturated heterocycles. The van der Waals surface area contributed by atoms with Crippen LogP contribution in [0.15, 0.2) is 32.5 Å². The molecule has 1 aromatic carbocycles. The van der Waals surface area contributed by atoms with Gasteiger partial charge in [-0.2, -0.15) is 0 Å². The summed E-state index contributed by atoms with van der Waals surface area (Å²) in [5, 5.41) is 4.01. The average Bonchev–Trinajstić information content (AvgIpc) is 2.70. The highest BCUT2D eigenvalue weighted by Gasteiger charge is 2.20. The highest BCUT2D eigenvalue weighted by atomic mass is 79.9. The lowest BCUT2D eigenvalue weighted by Crippen LogP contribution is -2.17. The third kappa shape index (κ3) is 3.34. The van der Waals surface area contributed by atoms with Gasteiger partial charge in [-0.05, 0) is 63.2 Å². The summed E-state index contributed by atoms with van der Waals surface area (Å²) in [6.07, 6.45) is 0. The molecule has 1 unspecified atom stereocenters. The molecule has 0 aliphatic carbocycles. The molecular formula is C13H12Br2ClNOS. The van der Waals surface area contributed by atoms with Gasteiger partial charge in [0.15, 0.2) is 0 Å². The minimum absolute atomic E-state index is 0.0428. The van der Waals surface area contributed by atoms with Crippen molar-refractivity contribution in [2.24, 2.45) is 0 Å². The maximum absolute atomic E-state index is 6.10. The second kappa shape index (κ2) is 6.59. The first-order chi connectivity index (χ1) is 9.06. The second-order valence-electron chi connectivity index (χ2n) is 3.88. The molecule has 0 aliphatic rings. The summed E-state index contributed by atoms with van der Waals surface area (Å²) in [5.74, 6) is 0.824. The van der Waals surface area contributed by atoms with E-state index in [0.717, 1.165) is 19.6 Å². The predicted octanol–water partition coefficient (Wildman–Crippen LogP) is 5.24. The number of rotatable bonds is 4. The van der Waals surface area contributed by atoms with Crippen molar-refractivity contribution in [1.29, 1.82) is 0 Å². The number of benzene rings is 1. The summed E-state index contributed by atoms with van der Waals surface area (Å²) in [6, 6.07) is 7.79. The molecule has 0 bridgehead atoms. The molecule has 1 aromatic heterocycles. The lowest BCUT2D eigenvalue weighted by Gasteiger charge is -2.18. The van der Waals surface area contributed by atoms with E-state index in [4.69, 9.17) is 16.3 Å². The molecule has 0 radical (unpaired) electrons. The fraction of sp³-hybridized carbons (Fsp3) is 0.231. The van der Waals surface area contributed by atoms with Gasteiger partial charge in [-0.1, -0.05) is 11.6 Å². The second-order valence-corrected chi connectivity index (χ2v) is 7.57. The molecule has 1 heterocycles. The van der Waals surface area contributed by atoms with Crippen LogP contribution in [0.5, 0.6) is 5.75 Å². The van der Waals surface area contributed by atoms with Crippen LogP contribution in [0.4, 0.5) is 0 Å². The molecular weight excluding hydrogens is 413 g/mol. The SMILES string of the molecule is CNC(c1cc(Br)c(Br)s1)c1cc(Cl)ccc1OC. The number of halogens is 3. The van der Waals surface area contributed by atoms with Gasteiger partial charge in [0, 0.05) is 19.9 Å². The molecule has 0 spiro atoms. The molecule has 0 saturated carbocycles. The van der Waals surface area contributed by atoms with Crippen LogP contribution in [0.3, 0.4) is 0 Å². The number of hydrogen-bond donors (Lipinski definition) is 1. The molecule has 6 heteroatoms. The van der Waals surface area contributed by atoms with E-state index >= 15 is 0 Å². The lowest BCUT2D eigenvalue weighted by molar-refractivity contribution is 0.405. The van der Waals surface area contributed by atoms with E-state index in [1.54, 1.807) is 18.4 Å². The van der Waals surface area contributed by atoms with Gasteiger partial charge in [0.25, 0.3) is 0 Å². The highest BCUT2D eigenvalue weighted by molar-refractivity contribution is 9.13. The van der Waals surface area contributed by atoms with Crippen LogP contribution in [-0.4, -0.2) is 14.2 Å². The maximum Gasteiger partial charge on any atom is 0.124 e. The minimum atomic E-state index is 0.0428. The summed E-state index contributed by atoms with van der Waals surface area (Å²) in [7, 11) is 3.59. The topological polar surface area (TPSA) is 21.3 Å². The zero-order chi connectivity index (χ0) is 14.0. The molecule has 1 atom stereocenters. The number of thiophene rings is 1. The predicted molar refractivity (Wildman–Crippen MR) is 88.6 cm³/mol. The largest absolute Gasteiger partial charge is 0.496 e. The molecule has 1 N–H and O–H groups in total. The first-order valence-corrected chi connectivity index (χ1v) is 8.30. The van der Waals surface area contributed by atoms with Crippen molar-refractivity contribution in [3.8, 4) is 5.75 Å². The monoisotopic (exact) mass is 423 g/mol. The average molecular weight is 426 g/mol. The fourth-order valence-corrected chi connectivity index (χ4v) is 4.29. The number of hydrogen-bond acceptors (Lipinski definition) is 3. The quantitative estimate of drug-likeness (QED) is 0.723. The van der Waals surface area contributed by atoms with Crippen molar-refractivity contribution in [1.82, 2.24) is 5.32 Å². The molecule has 0 aliphatic heterocycles. The van der Waals surface area contributed by atoms with Gasteiger partial charge in [0.05, 0.1) is 16.9 Å². The van der Waals surface area contributed by atoms with Gasteiger partial charge < -0.3 is 10.1 Å². The smallest absolute Gasteiger partial charge is 0.124 e. The van der Waals surface area contributed by atoms with Crippen molar-refractivity contribution < 1.29 is 4.74 Å². The summed E-state index contributed by atoms with van der Waals surface area (Å²) < 4.78 is 7.55. The van der Waals surface area contributed by atoms with Crippen LogP contribution < -0.4 is 10.1 Å². The van der Waals surface area contributed by atoms with Crippen LogP contribution in [-0.2, 0) is 0 Å². The van der Waals surface area contributed by atoms with Gasteiger partial charge in [-0.25, -0.2) is 0 Å². The van der Waals surface area contributed by atoms with E-state index in [-0.39, 0.29) is 6.04 Å². The van der Waals surface area contributed by atoms with Crippen molar-refractivity contribution in [2.75, 3.05) is 14.2 Å². The van der Waals surface area contributed by atoms with E-state index in [1.165, 1.54) is 4.88 Å². The van der Waals surface area contributed by atoms with Gasteiger partial charge in [0.2, 0.25) is 0 Å². The maximum atomic E-state index is 6.10. The third-order valence-corrected chi connectivity index (χ3v) is 6.30. The molecule has 0 fully saturated rings. The first-order valence-electron chi connectivity index (χ1n) is 5.52. The van der Waals surface area contributed by atoms with Gasteiger partial charge in [-0.15, -0.1) is 11.3 Å². The Morgan fingerprint density at radius 1 is 1.32 bits per heavy atom. The highest BCUT2D eigenvalue weighted by Crippen LogP contribution is 2.40. The van der Waals surface area contributed by atoms with Crippen molar-refractivity contribution in [2.45, 2.75) is 6.04 Å². The van der Waals surface area contributed by atoms with Crippen LogP contribution in [0.25, 0.3) is 0 Å². The van der Waals surface area contributed by atoms with E-state index in [1.807, 2.05) is 25.2 Å². The lowest BCUT2D eigenvalue weighted by atomic mass is 10.0. The van der Waals surface area contributed by atoms with Crippen molar-refractivity contribution in [3.63, 3.8) is 0 Å². The van der Waals surface area contributed by atoms with Crippen molar-refractivity contribution in [3.05, 3.63) is 48.0 Å². The zero-order valence-corrected chi connectivity index (χ0v) is 15.1. The third-order valence-electron chi connectivity index (χ3n) is 2.74. The van der Waals surface area contributed by atoms with Crippen LogP contribution in [0.2, 0.25) is 5.02 Å². The summed E-state index contributed by atoms with van der Waals surface area (Å²) >= 11 is 14.8. The van der Waals surface area contributed by atoms with Gasteiger partial charge >= 0.3 is 0 Å². The number of nitrogens with one attached hydrogen (secondary N) is 1. The molecule has 2 nitrogen and oxygen atoms in total. The molecule has 2 rings (SSSR count). The molecule has 0 amide bonds. The van der Waals surface area contributed by atoms with Gasteiger partial charge in [-0.3, -0.25) is 0 Å². The number of methoxy groups -OCH3 is 1. The van der Waals surface area contributed by atoms with E-state index < -0.39 is 0 Å². The number of ether oxygens (including phenoxy) is 1. The van der Waals surface area contributed by atoms with Crippen LogP contribution in [0.1, 0.15) is 16.5 Å². The first kappa shape index (κ1) is 15.3. The zero-order valence-electron chi connectivity index (χ0n) is 10.3.